The van der Waals surface area contributed by atoms with Crippen LogP contribution in [0.25, 0.3) is 0 Å². The molecule has 2 aromatic rings. The van der Waals surface area contributed by atoms with E-state index in [1.54, 1.807) is 12.1 Å². The number of ether oxygens (including phenoxy) is 1. The second-order valence-electron chi connectivity index (χ2n) is 4.70. The van der Waals surface area contributed by atoms with Gasteiger partial charge in [0.15, 0.2) is 11.6 Å². The molecular weight excluding hydrogens is 274 g/mol. The van der Waals surface area contributed by atoms with Gasteiger partial charge in [-0.2, -0.15) is 0 Å². The van der Waals surface area contributed by atoms with Gasteiger partial charge in [0.05, 0.1) is 12.3 Å². The minimum atomic E-state index is -0.849. The van der Waals surface area contributed by atoms with Gasteiger partial charge in [0.25, 0.3) is 0 Å². The summed E-state index contributed by atoms with van der Waals surface area (Å²) in [6.07, 6.45) is 0.895. The van der Waals surface area contributed by atoms with E-state index in [1.807, 2.05) is 13.0 Å². The first-order valence-corrected chi connectivity index (χ1v) is 6.80. The Bertz CT molecular complexity index is 617. The molecule has 0 aliphatic rings. The Morgan fingerprint density at radius 2 is 1.90 bits per heavy atom. The minimum Gasteiger partial charge on any atom is -0.491 e. The van der Waals surface area contributed by atoms with Crippen LogP contribution in [0.1, 0.15) is 18.9 Å². The van der Waals surface area contributed by atoms with Crippen molar-refractivity contribution in [3.8, 4) is 5.75 Å². The lowest BCUT2D eigenvalue weighted by Gasteiger charge is -2.12. The maximum atomic E-state index is 13.1. The SMILES string of the molecule is CCCOc1cc(NCc2ccc(F)c(F)c2)ccc1N. The fourth-order valence-electron chi connectivity index (χ4n) is 1.84. The van der Waals surface area contributed by atoms with Crippen LogP contribution in [0.4, 0.5) is 20.2 Å². The van der Waals surface area contributed by atoms with Crippen molar-refractivity contribution in [2.24, 2.45) is 0 Å². The molecule has 2 rings (SSSR count). The van der Waals surface area contributed by atoms with E-state index in [9.17, 15) is 8.78 Å². The predicted octanol–water partition coefficient (Wildman–Crippen LogP) is 3.95. The van der Waals surface area contributed by atoms with Gasteiger partial charge in [0.1, 0.15) is 5.75 Å². The van der Waals surface area contributed by atoms with Crippen molar-refractivity contribution in [3.05, 3.63) is 53.6 Å². The molecule has 0 saturated carbocycles. The summed E-state index contributed by atoms with van der Waals surface area (Å²) >= 11 is 0. The van der Waals surface area contributed by atoms with E-state index in [0.29, 0.717) is 30.2 Å². The predicted molar refractivity (Wildman–Crippen MR) is 80.3 cm³/mol. The van der Waals surface area contributed by atoms with Crippen molar-refractivity contribution in [2.75, 3.05) is 17.7 Å². The summed E-state index contributed by atoms with van der Waals surface area (Å²) in [6.45, 7) is 2.99. The highest BCUT2D eigenvalue weighted by molar-refractivity contribution is 5.61. The van der Waals surface area contributed by atoms with E-state index in [2.05, 4.69) is 5.32 Å². The third-order valence-corrected chi connectivity index (χ3v) is 2.96. The van der Waals surface area contributed by atoms with Gasteiger partial charge in [0, 0.05) is 18.3 Å². The van der Waals surface area contributed by atoms with Gasteiger partial charge in [-0.1, -0.05) is 13.0 Å². The summed E-state index contributed by atoms with van der Waals surface area (Å²) in [5.41, 5.74) is 7.86. The molecular formula is C16H18F2N2O. The quantitative estimate of drug-likeness (QED) is 0.793. The Morgan fingerprint density at radius 3 is 2.62 bits per heavy atom. The molecule has 0 aliphatic carbocycles. The molecule has 0 amide bonds. The highest BCUT2D eigenvalue weighted by Crippen LogP contribution is 2.26. The number of rotatable bonds is 6. The Labute approximate surface area is 122 Å². The number of benzene rings is 2. The molecule has 0 aromatic heterocycles. The molecule has 0 fully saturated rings. The molecule has 0 heterocycles. The number of nitrogens with one attached hydrogen (secondary N) is 1. The molecule has 5 heteroatoms. The largest absolute Gasteiger partial charge is 0.491 e. The zero-order valence-electron chi connectivity index (χ0n) is 11.8. The summed E-state index contributed by atoms with van der Waals surface area (Å²) in [4.78, 5) is 0. The summed E-state index contributed by atoms with van der Waals surface area (Å²) in [6, 6.07) is 9.19. The Morgan fingerprint density at radius 1 is 1.10 bits per heavy atom. The second kappa shape index (κ2) is 6.92. The zero-order chi connectivity index (χ0) is 15.2. The van der Waals surface area contributed by atoms with Crippen LogP contribution in [0.5, 0.6) is 5.75 Å². The average Bonchev–Trinajstić information content (AvgIpc) is 2.48. The van der Waals surface area contributed by atoms with E-state index in [0.717, 1.165) is 18.2 Å². The molecule has 21 heavy (non-hydrogen) atoms. The van der Waals surface area contributed by atoms with E-state index >= 15 is 0 Å². The van der Waals surface area contributed by atoms with Gasteiger partial charge in [-0.3, -0.25) is 0 Å². The van der Waals surface area contributed by atoms with E-state index in [4.69, 9.17) is 10.5 Å². The minimum absolute atomic E-state index is 0.383. The van der Waals surface area contributed by atoms with Gasteiger partial charge in [0.2, 0.25) is 0 Å². The van der Waals surface area contributed by atoms with Gasteiger partial charge in [-0.15, -0.1) is 0 Å². The Balaban J connectivity index is 2.03. The van der Waals surface area contributed by atoms with Crippen LogP contribution in [0.3, 0.4) is 0 Å². The lowest BCUT2D eigenvalue weighted by atomic mass is 10.2. The summed E-state index contributed by atoms with van der Waals surface area (Å²) in [5, 5.41) is 3.13. The average molecular weight is 292 g/mol. The van der Waals surface area contributed by atoms with Gasteiger partial charge in [-0.05, 0) is 36.2 Å². The lowest BCUT2D eigenvalue weighted by Crippen LogP contribution is -2.03. The molecule has 0 unspecified atom stereocenters. The van der Waals surface area contributed by atoms with Crippen LogP contribution in [0.2, 0.25) is 0 Å². The van der Waals surface area contributed by atoms with E-state index in [1.165, 1.54) is 12.1 Å². The molecule has 0 atom stereocenters. The molecule has 0 bridgehead atoms. The number of hydrogen-bond acceptors (Lipinski definition) is 3. The normalized spacial score (nSPS) is 10.4. The maximum Gasteiger partial charge on any atom is 0.159 e. The van der Waals surface area contributed by atoms with Gasteiger partial charge in [-0.25, -0.2) is 8.78 Å². The molecule has 2 aromatic carbocycles. The topological polar surface area (TPSA) is 47.3 Å². The molecule has 0 aliphatic heterocycles. The zero-order valence-corrected chi connectivity index (χ0v) is 11.8. The van der Waals surface area contributed by atoms with Crippen LogP contribution >= 0.6 is 0 Å². The van der Waals surface area contributed by atoms with E-state index in [-0.39, 0.29) is 0 Å². The first-order valence-electron chi connectivity index (χ1n) is 6.80. The summed E-state index contributed by atoms with van der Waals surface area (Å²) in [5.74, 6) is -1.08. The smallest absolute Gasteiger partial charge is 0.159 e. The monoisotopic (exact) mass is 292 g/mol. The van der Waals surface area contributed by atoms with Crippen molar-refractivity contribution in [1.29, 1.82) is 0 Å². The van der Waals surface area contributed by atoms with Crippen molar-refractivity contribution in [2.45, 2.75) is 19.9 Å². The molecule has 3 nitrogen and oxygen atoms in total. The highest BCUT2D eigenvalue weighted by Gasteiger charge is 2.04. The fraction of sp³-hybridized carbons (Fsp3) is 0.250. The van der Waals surface area contributed by atoms with Crippen LogP contribution in [-0.2, 0) is 6.54 Å². The number of nitrogen functional groups attached to an aromatic ring is 1. The molecule has 3 N–H and O–H groups in total. The lowest BCUT2D eigenvalue weighted by molar-refractivity contribution is 0.319. The van der Waals surface area contributed by atoms with Crippen LogP contribution < -0.4 is 15.8 Å². The number of halogens is 2. The first kappa shape index (κ1) is 15.1. The maximum absolute atomic E-state index is 13.1. The summed E-state index contributed by atoms with van der Waals surface area (Å²) < 4.78 is 31.5. The standard InChI is InChI=1S/C16H18F2N2O/c1-2-7-21-16-9-12(4-6-15(16)19)20-10-11-3-5-13(17)14(18)8-11/h3-6,8-9,20H,2,7,10,19H2,1H3. The summed E-state index contributed by atoms with van der Waals surface area (Å²) in [7, 11) is 0. The molecule has 0 radical (unpaired) electrons. The van der Waals surface area contributed by atoms with Gasteiger partial charge < -0.3 is 15.8 Å². The fourth-order valence-corrected chi connectivity index (χ4v) is 1.84. The first-order chi connectivity index (χ1) is 10.1. The van der Waals surface area contributed by atoms with E-state index < -0.39 is 11.6 Å². The highest BCUT2D eigenvalue weighted by atomic mass is 19.2. The molecule has 0 spiro atoms. The third kappa shape index (κ3) is 4.08. The van der Waals surface area contributed by atoms with Crippen molar-refractivity contribution >= 4 is 11.4 Å². The van der Waals surface area contributed by atoms with Crippen molar-refractivity contribution in [1.82, 2.24) is 0 Å². The third-order valence-electron chi connectivity index (χ3n) is 2.96. The Hall–Kier alpha value is -2.30. The van der Waals surface area contributed by atoms with Crippen LogP contribution in [0, 0.1) is 11.6 Å². The van der Waals surface area contributed by atoms with Crippen molar-refractivity contribution < 1.29 is 13.5 Å². The Kier molecular flexibility index (Phi) is 4.98. The number of hydrogen-bond donors (Lipinski definition) is 2. The van der Waals surface area contributed by atoms with Crippen LogP contribution in [0.15, 0.2) is 36.4 Å². The molecule has 112 valence electrons. The number of nitrogens with two attached hydrogens (primary N) is 1. The van der Waals surface area contributed by atoms with Crippen molar-refractivity contribution in [3.63, 3.8) is 0 Å². The van der Waals surface area contributed by atoms with Gasteiger partial charge >= 0.3 is 0 Å². The number of anilines is 2. The second-order valence-corrected chi connectivity index (χ2v) is 4.70. The molecule has 0 saturated heterocycles. The van der Waals surface area contributed by atoms with Crippen LogP contribution in [-0.4, -0.2) is 6.61 Å².